The molecular formula is C27H29N7O11S2. The van der Waals surface area contributed by atoms with Gasteiger partial charge in [-0.3, -0.25) is 25.0 Å². The van der Waals surface area contributed by atoms with E-state index in [1.807, 2.05) is 18.2 Å². The van der Waals surface area contributed by atoms with Gasteiger partial charge < -0.3 is 40.6 Å². The lowest BCUT2D eigenvalue weighted by atomic mass is 10.0. The number of hydrogen-bond acceptors (Lipinski definition) is 16. The maximum atomic E-state index is 12.7. The van der Waals surface area contributed by atoms with E-state index in [-0.39, 0.29) is 47.0 Å². The molecule has 3 aromatic rings. The Hall–Kier alpha value is -5.47. The number of aliphatic carboxylic acids is 1. The second kappa shape index (κ2) is 16.7. The molecule has 2 aromatic heterocycles. The van der Waals surface area contributed by atoms with Crippen molar-refractivity contribution in [1.29, 1.82) is 0 Å². The molecule has 18 nitrogen and oxygen atoms in total. The van der Waals surface area contributed by atoms with Gasteiger partial charge in [-0.05, 0) is 12.1 Å². The van der Waals surface area contributed by atoms with Crippen LogP contribution in [0.3, 0.4) is 0 Å². The molecule has 0 saturated carbocycles. The molecule has 2 aliphatic heterocycles. The fraction of sp³-hybridized carbons (Fsp3) is 0.259. The first-order chi connectivity index (χ1) is 22.4. The Balaban J connectivity index is 0.000000286. The summed E-state index contributed by atoms with van der Waals surface area (Å²) < 4.78 is 13.7. The molecule has 3 amide bonds. The van der Waals surface area contributed by atoms with Crippen molar-refractivity contribution >= 4 is 74.8 Å². The van der Waals surface area contributed by atoms with Crippen LogP contribution in [0.1, 0.15) is 12.6 Å². The fourth-order valence-electron chi connectivity index (χ4n) is 3.98. The number of primary amides is 1. The summed E-state index contributed by atoms with van der Waals surface area (Å²) in [5.41, 5.74) is 15.2. The predicted molar refractivity (Wildman–Crippen MR) is 169 cm³/mol. The number of carbonyl (C=O) groups is 5. The van der Waals surface area contributed by atoms with Gasteiger partial charge in [0.05, 0.1) is 0 Å². The number of β-lactam (4-membered cyclic amide) rings is 1. The number of anilines is 1. The van der Waals surface area contributed by atoms with Gasteiger partial charge >= 0.3 is 23.7 Å². The number of hydrogen-bond donors (Lipinski definition) is 5. The third-order valence-corrected chi connectivity index (χ3v) is 7.92. The van der Waals surface area contributed by atoms with Crippen LogP contribution in [0.15, 0.2) is 67.4 Å². The number of rotatable bonds is 8. The number of para-hydroxylation sites is 1. The lowest BCUT2D eigenvalue weighted by Crippen LogP contribution is -2.71. The minimum Gasteiger partial charge on any atom is -0.477 e. The number of nitrogens with zero attached hydrogens (tertiary/aromatic N) is 3. The maximum Gasteiger partial charge on any atom is 0.405 e. The number of carbonyl (C=O) groups excluding carboxylic acids is 4. The van der Waals surface area contributed by atoms with Crippen molar-refractivity contribution in [2.75, 3.05) is 31.9 Å². The molecule has 1 fully saturated rings. The Labute approximate surface area is 273 Å². The highest BCUT2D eigenvalue weighted by Gasteiger charge is 2.54. The van der Waals surface area contributed by atoms with Crippen LogP contribution in [0.2, 0.25) is 0 Å². The van der Waals surface area contributed by atoms with Gasteiger partial charge in [0.15, 0.2) is 10.8 Å². The Morgan fingerprint density at radius 3 is 2.47 bits per heavy atom. The van der Waals surface area contributed by atoms with Crippen molar-refractivity contribution in [1.82, 2.24) is 15.2 Å². The molecular weight excluding hydrogens is 662 g/mol. The zero-order chi connectivity index (χ0) is 34.7. The molecule has 20 heteroatoms. The standard InChI is InChI=1S/C16H17N5O7S2.C9H6O2.C2H6N2O2/c1-6(22)28-3-7-4-29-14-10(13(24)21(14)11(7)15(25)26)19-12(23)9(20-27-2)8-5-30-16(17)18-8;10-9-6-5-7-3-1-2-4-8(7)11-9;3-1-6-2(4)5/h5,10,14H,3-4H2,1-2H3,(H2,17,18)(H,19,23)(H,25,26);1-6H;1,3H2,(H2,4,5)/b20-9+;;/t10-,14-;;/m1../s1. The molecule has 0 aliphatic carbocycles. The number of benzene rings is 1. The molecule has 5 rings (SSSR count). The number of carboxylic acids is 1. The van der Waals surface area contributed by atoms with E-state index in [1.54, 1.807) is 12.1 Å². The highest BCUT2D eigenvalue weighted by molar-refractivity contribution is 8.00. The van der Waals surface area contributed by atoms with Gasteiger partial charge in [-0.2, -0.15) is 0 Å². The number of thiazole rings is 1. The zero-order valence-electron chi connectivity index (χ0n) is 24.7. The average molecular weight is 692 g/mol. The number of esters is 1. The van der Waals surface area contributed by atoms with E-state index in [0.29, 0.717) is 11.2 Å². The number of oxime groups is 1. The lowest BCUT2D eigenvalue weighted by Gasteiger charge is -2.49. The molecule has 0 radical (unpaired) electrons. The van der Waals surface area contributed by atoms with E-state index in [2.05, 4.69) is 30.8 Å². The van der Waals surface area contributed by atoms with Crippen LogP contribution in [0.5, 0.6) is 0 Å². The summed E-state index contributed by atoms with van der Waals surface area (Å²) in [6, 6.07) is 9.62. The van der Waals surface area contributed by atoms with E-state index in [4.69, 9.17) is 20.6 Å². The van der Waals surface area contributed by atoms with Crippen LogP contribution in [0, 0.1) is 0 Å². The van der Waals surface area contributed by atoms with Crippen molar-refractivity contribution in [3.63, 3.8) is 0 Å². The van der Waals surface area contributed by atoms with Crippen molar-refractivity contribution < 1.29 is 47.8 Å². The molecule has 4 heterocycles. The zero-order valence-corrected chi connectivity index (χ0v) is 26.4. The summed E-state index contributed by atoms with van der Waals surface area (Å²) >= 11 is 2.35. The van der Waals surface area contributed by atoms with Gasteiger partial charge in [-0.25, -0.2) is 19.4 Å². The van der Waals surface area contributed by atoms with Crippen LogP contribution in [-0.2, 0) is 33.5 Å². The van der Waals surface area contributed by atoms with Crippen molar-refractivity contribution in [2.24, 2.45) is 16.6 Å². The maximum absolute atomic E-state index is 12.7. The van der Waals surface area contributed by atoms with Gasteiger partial charge in [0.2, 0.25) is 0 Å². The van der Waals surface area contributed by atoms with Gasteiger partial charge in [0, 0.05) is 35.1 Å². The summed E-state index contributed by atoms with van der Waals surface area (Å²) in [5.74, 6) is -2.98. The minimum atomic E-state index is -1.32. The first kappa shape index (κ1) is 36.0. The SMILES string of the molecule is CO/N=C(/C(=O)N[C@@H]1C(=O)N2C(C(=O)O)=C(COC(C)=O)CS[C@H]12)c1csc(N)n1.NCOC(N)=O.O=c1ccc2ccccc2o1. The molecule has 47 heavy (non-hydrogen) atoms. The van der Waals surface area contributed by atoms with Gasteiger partial charge in [0.25, 0.3) is 11.8 Å². The number of amides is 3. The number of ether oxygens (including phenoxy) is 2. The molecule has 1 saturated heterocycles. The van der Waals surface area contributed by atoms with Gasteiger partial charge in [-0.15, -0.1) is 23.1 Å². The molecule has 8 N–H and O–H groups in total. The highest BCUT2D eigenvalue weighted by Crippen LogP contribution is 2.40. The number of nitrogen functional groups attached to an aromatic ring is 1. The third kappa shape index (κ3) is 9.51. The monoisotopic (exact) mass is 691 g/mol. The summed E-state index contributed by atoms with van der Waals surface area (Å²) in [6.07, 6.45) is -0.836. The Morgan fingerprint density at radius 1 is 1.17 bits per heavy atom. The molecule has 1 aromatic carbocycles. The topological polar surface area (TPSA) is 282 Å². The van der Waals surface area contributed by atoms with Gasteiger partial charge in [-0.1, -0.05) is 23.4 Å². The lowest BCUT2D eigenvalue weighted by molar-refractivity contribution is -0.150. The number of aromatic nitrogens is 1. The Morgan fingerprint density at radius 2 is 1.89 bits per heavy atom. The Kier molecular flexibility index (Phi) is 12.8. The minimum absolute atomic E-state index is 0.144. The second-order valence-electron chi connectivity index (χ2n) is 9.01. The summed E-state index contributed by atoms with van der Waals surface area (Å²) in [7, 11) is 1.25. The number of carboxylic acid groups (broad SMARTS) is 1. The van der Waals surface area contributed by atoms with Crippen molar-refractivity contribution in [2.45, 2.75) is 18.3 Å². The Bertz CT molecular complexity index is 1770. The smallest absolute Gasteiger partial charge is 0.405 e. The number of nitrogens with two attached hydrogens (primary N) is 3. The molecule has 0 spiro atoms. The molecule has 250 valence electrons. The van der Waals surface area contributed by atoms with Crippen molar-refractivity contribution in [3.05, 3.63) is 69.2 Å². The summed E-state index contributed by atoms with van der Waals surface area (Å²) in [4.78, 5) is 78.0. The number of fused-ring (bicyclic) bond motifs is 2. The van der Waals surface area contributed by atoms with E-state index in [0.717, 1.165) is 21.6 Å². The van der Waals surface area contributed by atoms with Crippen LogP contribution in [-0.4, -0.2) is 88.2 Å². The van der Waals surface area contributed by atoms with Crippen molar-refractivity contribution in [3.8, 4) is 0 Å². The largest absolute Gasteiger partial charge is 0.477 e. The normalized spacial score (nSPS) is 16.7. The van der Waals surface area contributed by atoms with Crippen LogP contribution in [0.25, 0.3) is 11.0 Å². The quantitative estimate of drug-likeness (QED) is 0.0525. The van der Waals surface area contributed by atoms with E-state index < -0.39 is 41.3 Å². The molecule has 2 atom stereocenters. The van der Waals surface area contributed by atoms with E-state index >= 15 is 0 Å². The summed E-state index contributed by atoms with van der Waals surface area (Å²) in [6.45, 7) is 0.831. The highest BCUT2D eigenvalue weighted by atomic mass is 32.2. The first-order valence-corrected chi connectivity index (χ1v) is 15.1. The second-order valence-corrected chi connectivity index (χ2v) is 11.0. The first-order valence-electron chi connectivity index (χ1n) is 13.2. The molecule has 0 bridgehead atoms. The van der Waals surface area contributed by atoms with Gasteiger partial charge in [0.1, 0.15) is 48.8 Å². The van der Waals surface area contributed by atoms with Crippen LogP contribution in [0.4, 0.5) is 9.93 Å². The van der Waals surface area contributed by atoms with E-state index in [1.165, 1.54) is 37.2 Å². The third-order valence-electron chi connectivity index (χ3n) is 5.90. The molecule has 0 unspecified atom stereocenters. The summed E-state index contributed by atoms with van der Waals surface area (Å²) in [5, 5.41) is 17.8. The number of nitrogens with one attached hydrogen (secondary N) is 1. The predicted octanol–water partition coefficient (Wildman–Crippen LogP) is 0.168. The fourth-order valence-corrected chi connectivity index (χ4v) is 5.85. The van der Waals surface area contributed by atoms with Crippen LogP contribution >= 0.6 is 23.1 Å². The molecule has 2 aliphatic rings. The van der Waals surface area contributed by atoms with Crippen LogP contribution < -0.4 is 28.1 Å². The number of thioether (sulfide) groups is 1. The van der Waals surface area contributed by atoms with E-state index in [9.17, 15) is 33.9 Å². The average Bonchev–Trinajstić information content (AvgIpc) is 3.46.